The number of non-ortho nitro benzene ring substituents is 1. The highest BCUT2D eigenvalue weighted by atomic mass is 16.6. The molecule has 3 rings (SSSR count). The first-order chi connectivity index (χ1) is 14.6. The summed E-state index contributed by atoms with van der Waals surface area (Å²) in [4.78, 5) is 26.0. The number of nitro groups is 1. The summed E-state index contributed by atoms with van der Waals surface area (Å²) in [6.45, 7) is 0.507. The molecule has 3 aromatic rings. The lowest BCUT2D eigenvalue weighted by molar-refractivity contribution is -0.384. The van der Waals surface area contributed by atoms with Gasteiger partial charge in [0.25, 0.3) is 11.6 Å². The number of hydrogen-bond acceptors (Lipinski definition) is 7. The first-order valence-corrected chi connectivity index (χ1v) is 8.96. The van der Waals surface area contributed by atoms with E-state index in [0.717, 1.165) is 0 Å². The quantitative estimate of drug-likeness (QED) is 0.252. The van der Waals surface area contributed by atoms with Crippen molar-refractivity contribution in [3.63, 3.8) is 0 Å². The molecule has 0 aliphatic rings. The smallest absolute Gasteiger partial charge is 0.271 e. The van der Waals surface area contributed by atoms with E-state index in [-0.39, 0.29) is 24.8 Å². The van der Waals surface area contributed by atoms with E-state index in [2.05, 4.69) is 15.5 Å². The van der Waals surface area contributed by atoms with Crippen LogP contribution in [-0.2, 0) is 0 Å². The molecule has 0 aliphatic carbocycles. The number of amides is 1. The van der Waals surface area contributed by atoms with Crippen molar-refractivity contribution in [3.05, 3.63) is 94.3 Å². The predicted molar refractivity (Wildman–Crippen MR) is 110 cm³/mol. The molecule has 9 heteroatoms. The Labute approximate surface area is 172 Å². The van der Waals surface area contributed by atoms with Crippen molar-refractivity contribution in [2.24, 2.45) is 5.10 Å². The molecule has 30 heavy (non-hydrogen) atoms. The van der Waals surface area contributed by atoms with Gasteiger partial charge in [-0.05, 0) is 36.4 Å². The molecule has 9 nitrogen and oxygen atoms in total. The molecule has 0 saturated heterocycles. The fourth-order valence-corrected chi connectivity index (χ4v) is 2.42. The third-order valence-corrected chi connectivity index (χ3v) is 3.89. The van der Waals surface area contributed by atoms with Gasteiger partial charge in [0.15, 0.2) is 0 Å². The lowest BCUT2D eigenvalue weighted by Gasteiger charge is -2.10. The average molecular weight is 406 g/mol. The second-order valence-electron chi connectivity index (χ2n) is 5.92. The molecule has 0 spiro atoms. The van der Waals surface area contributed by atoms with Gasteiger partial charge in [-0.3, -0.25) is 19.9 Å². The van der Waals surface area contributed by atoms with E-state index in [1.807, 2.05) is 12.1 Å². The maximum absolute atomic E-state index is 12.0. The van der Waals surface area contributed by atoms with Gasteiger partial charge in [-0.1, -0.05) is 12.1 Å². The van der Waals surface area contributed by atoms with Gasteiger partial charge in [0.1, 0.15) is 24.7 Å². The van der Waals surface area contributed by atoms with E-state index in [9.17, 15) is 14.9 Å². The van der Waals surface area contributed by atoms with Gasteiger partial charge in [-0.2, -0.15) is 5.10 Å². The summed E-state index contributed by atoms with van der Waals surface area (Å²) >= 11 is 0. The van der Waals surface area contributed by atoms with Crippen LogP contribution < -0.4 is 14.9 Å². The molecule has 2 aromatic carbocycles. The van der Waals surface area contributed by atoms with E-state index in [1.54, 1.807) is 24.3 Å². The zero-order chi connectivity index (χ0) is 21.2. The highest BCUT2D eigenvalue weighted by Gasteiger charge is 2.06. The molecule has 1 amide bonds. The fraction of sp³-hybridized carbons (Fsp3) is 0.0952. The van der Waals surface area contributed by atoms with Gasteiger partial charge >= 0.3 is 0 Å². The molecule has 0 saturated carbocycles. The fourth-order valence-electron chi connectivity index (χ4n) is 2.42. The van der Waals surface area contributed by atoms with Crippen molar-refractivity contribution in [3.8, 4) is 11.5 Å². The molecule has 0 radical (unpaired) electrons. The summed E-state index contributed by atoms with van der Waals surface area (Å²) in [6.07, 6.45) is 4.55. The number of nitrogens with one attached hydrogen (secondary N) is 1. The van der Waals surface area contributed by atoms with E-state index in [1.165, 1.54) is 42.9 Å². The minimum absolute atomic E-state index is 0.00263. The molecule has 0 atom stereocenters. The summed E-state index contributed by atoms with van der Waals surface area (Å²) in [5.41, 5.74) is 3.59. The molecular weight excluding hydrogens is 388 g/mol. The van der Waals surface area contributed by atoms with Crippen LogP contribution >= 0.6 is 0 Å². The van der Waals surface area contributed by atoms with Gasteiger partial charge < -0.3 is 9.47 Å². The van der Waals surface area contributed by atoms with E-state index in [0.29, 0.717) is 22.6 Å². The molecular formula is C21H18N4O5. The number of carbonyl (C=O) groups excluding carboxylic acids is 1. The van der Waals surface area contributed by atoms with Crippen LogP contribution in [0.1, 0.15) is 15.9 Å². The molecule has 1 aromatic heterocycles. The minimum atomic E-state index is -0.467. The Bertz CT molecular complexity index is 1020. The zero-order valence-corrected chi connectivity index (χ0v) is 15.8. The number of pyridine rings is 1. The van der Waals surface area contributed by atoms with Crippen LogP contribution in [0, 0.1) is 10.1 Å². The molecule has 1 N–H and O–H groups in total. The Morgan fingerprint density at radius 1 is 1.03 bits per heavy atom. The maximum atomic E-state index is 12.0. The Hall–Kier alpha value is -4.27. The Balaban J connectivity index is 1.50. The number of hydrogen-bond donors (Lipinski definition) is 1. The van der Waals surface area contributed by atoms with Crippen molar-refractivity contribution in [1.29, 1.82) is 0 Å². The maximum Gasteiger partial charge on any atom is 0.271 e. The van der Waals surface area contributed by atoms with Gasteiger partial charge in [-0.15, -0.1) is 0 Å². The zero-order valence-electron chi connectivity index (χ0n) is 15.8. The van der Waals surface area contributed by atoms with E-state index < -0.39 is 4.92 Å². The van der Waals surface area contributed by atoms with Gasteiger partial charge in [0, 0.05) is 35.7 Å². The third-order valence-electron chi connectivity index (χ3n) is 3.89. The number of carbonyl (C=O) groups is 1. The van der Waals surface area contributed by atoms with Crippen LogP contribution in [0.2, 0.25) is 0 Å². The van der Waals surface area contributed by atoms with Crippen LogP contribution in [0.15, 0.2) is 78.2 Å². The van der Waals surface area contributed by atoms with Crippen molar-refractivity contribution >= 4 is 17.8 Å². The van der Waals surface area contributed by atoms with Crippen molar-refractivity contribution in [2.45, 2.75) is 0 Å². The van der Waals surface area contributed by atoms with E-state index >= 15 is 0 Å². The Morgan fingerprint density at radius 2 is 1.73 bits per heavy atom. The number of ether oxygens (including phenoxy) is 2. The highest BCUT2D eigenvalue weighted by molar-refractivity contribution is 5.94. The van der Waals surface area contributed by atoms with Crippen LogP contribution in [0.4, 0.5) is 5.69 Å². The number of rotatable bonds is 9. The highest BCUT2D eigenvalue weighted by Crippen LogP contribution is 2.18. The topological polar surface area (TPSA) is 116 Å². The third kappa shape index (κ3) is 5.86. The van der Waals surface area contributed by atoms with Crippen LogP contribution in [-0.4, -0.2) is 35.2 Å². The number of nitrogens with zero attached hydrogens (tertiary/aromatic N) is 3. The van der Waals surface area contributed by atoms with Crippen molar-refractivity contribution < 1.29 is 19.2 Å². The SMILES string of the molecule is O=C(N/N=C\c1ccccc1OCCOc1ccc([N+](=O)[O-])cc1)c1ccncc1. The molecule has 0 fully saturated rings. The van der Waals surface area contributed by atoms with Gasteiger partial charge in [0.2, 0.25) is 0 Å². The summed E-state index contributed by atoms with van der Waals surface area (Å²) in [7, 11) is 0. The monoisotopic (exact) mass is 406 g/mol. The first kappa shape index (κ1) is 20.5. The number of para-hydroxylation sites is 1. The first-order valence-electron chi connectivity index (χ1n) is 8.96. The van der Waals surface area contributed by atoms with Crippen LogP contribution in [0.3, 0.4) is 0 Å². The molecule has 152 valence electrons. The van der Waals surface area contributed by atoms with Crippen LogP contribution in [0.5, 0.6) is 11.5 Å². The van der Waals surface area contributed by atoms with Crippen molar-refractivity contribution in [2.75, 3.05) is 13.2 Å². The van der Waals surface area contributed by atoms with E-state index in [4.69, 9.17) is 9.47 Å². The van der Waals surface area contributed by atoms with Crippen LogP contribution in [0.25, 0.3) is 0 Å². The largest absolute Gasteiger partial charge is 0.490 e. The van der Waals surface area contributed by atoms with Crippen molar-refractivity contribution in [1.82, 2.24) is 10.4 Å². The summed E-state index contributed by atoms with van der Waals surface area (Å²) in [5, 5.41) is 14.6. The number of hydrazone groups is 1. The van der Waals surface area contributed by atoms with Gasteiger partial charge in [-0.25, -0.2) is 5.43 Å². The number of aromatic nitrogens is 1. The minimum Gasteiger partial charge on any atom is -0.490 e. The second kappa shape index (κ2) is 10.3. The van der Waals surface area contributed by atoms with Gasteiger partial charge in [0.05, 0.1) is 11.1 Å². The summed E-state index contributed by atoms with van der Waals surface area (Å²) in [6, 6.07) is 16.2. The lowest BCUT2D eigenvalue weighted by Crippen LogP contribution is -2.17. The summed E-state index contributed by atoms with van der Waals surface area (Å²) < 4.78 is 11.2. The average Bonchev–Trinajstić information content (AvgIpc) is 2.78. The Morgan fingerprint density at radius 3 is 2.47 bits per heavy atom. The molecule has 0 unspecified atom stereocenters. The predicted octanol–water partition coefficient (Wildman–Crippen LogP) is 3.21. The lowest BCUT2D eigenvalue weighted by atomic mass is 10.2. The molecule has 0 aliphatic heterocycles. The summed E-state index contributed by atoms with van der Waals surface area (Å²) in [5.74, 6) is 0.744. The number of nitro benzene ring substituents is 1. The second-order valence-corrected chi connectivity index (χ2v) is 5.92. The number of benzene rings is 2. The molecule has 1 heterocycles. The normalized spacial score (nSPS) is 10.5. The molecule has 0 bridgehead atoms. The Kier molecular flexibility index (Phi) is 7.04. The standard InChI is InChI=1S/C21H18N4O5/c26-21(16-9-11-22-12-10-16)24-23-15-17-3-1-2-4-20(17)30-14-13-29-19-7-5-18(6-8-19)25(27)28/h1-12,15H,13-14H2,(H,24,26)/b23-15-.